The first-order chi connectivity index (χ1) is 19.6. The van der Waals surface area contributed by atoms with Crippen LogP contribution in [-0.4, -0.2) is 94.1 Å². The number of rotatable bonds is 9. The molecule has 5 N–H and O–H groups in total. The minimum absolute atomic E-state index is 0.0167. The van der Waals surface area contributed by atoms with Gasteiger partial charge in [-0.05, 0) is 67.3 Å². The Bertz CT molecular complexity index is 1280. The monoisotopic (exact) mass is 564 g/mol. The van der Waals surface area contributed by atoms with Crippen molar-refractivity contribution in [2.45, 2.75) is 45.7 Å². The molecule has 2 aromatic rings. The van der Waals surface area contributed by atoms with Gasteiger partial charge in [-0.2, -0.15) is 4.98 Å². The molecule has 0 bridgehead atoms. The summed E-state index contributed by atoms with van der Waals surface area (Å²) >= 11 is 0. The SMILES string of the molecule is CC(C)C(N)CC(=O)N1CCN(C(=O)Nc2ccn(-c3ccc(CC(C)N4C[C@@H]5[C@@H](CN)[C@@H]5C4)cc3)c(=O)n2)CC1. The third-order valence-electron chi connectivity index (χ3n) is 9.27. The molecular weight excluding hydrogens is 520 g/mol. The second-order valence-corrected chi connectivity index (χ2v) is 12.3. The third-order valence-corrected chi connectivity index (χ3v) is 9.27. The molecule has 11 heteroatoms. The van der Waals surface area contributed by atoms with Gasteiger partial charge in [0.25, 0.3) is 0 Å². The molecule has 0 spiro atoms. The van der Waals surface area contributed by atoms with Gasteiger partial charge in [0.1, 0.15) is 5.82 Å². The van der Waals surface area contributed by atoms with Crippen molar-refractivity contribution in [2.24, 2.45) is 35.1 Å². The summed E-state index contributed by atoms with van der Waals surface area (Å²) in [7, 11) is 0. The number of piperidine rings is 1. The lowest BCUT2D eigenvalue weighted by atomic mass is 10.0. The van der Waals surface area contributed by atoms with Gasteiger partial charge < -0.3 is 21.3 Å². The zero-order chi connectivity index (χ0) is 29.3. The number of benzene rings is 1. The molecule has 1 aromatic heterocycles. The van der Waals surface area contributed by atoms with E-state index < -0.39 is 5.69 Å². The average Bonchev–Trinajstić information content (AvgIpc) is 3.43. The highest BCUT2D eigenvalue weighted by atomic mass is 16.2. The molecule has 41 heavy (non-hydrogen) atoms. The van der Waals surface area contributed by atoms with Crippen LogP contribution in [0.4, 0.5) is 10.6 Å². The van der Waals surface area contributed by atoms with Gasteiger partial charge in [0, 0.05) is 64.0 Å². The Labute approximate surface area is 241 Å². The van der Waals surface area contributed by atoms with E-state index in [2.05, 4.69) is 34.3 Å². The Balaban J connectivity index is 1.10. The van der Waals surface area contributed by atoms with Crippen LogP contribution in [0.5, 0.6) is 0 Å². The maximum atomic E-state index is 12.8. The molecule has 2 aliphatic heterocycles. The number of hydrogen-bond acceptors (Lipinski definition) is 7. The van der Waals surface area contributed by atoms with E-state index in [0.29, 0.717) is 38.6 Å². The Morgan fingerprint density at radius 2 is 1.63 bits per heavy atom. The zero-order valence-electron chi connectivity index (χ0n) is 24.4. The van der Waals surface area contributed by atoms with Gasteiger partial charge in [0.2, 0.25) is 5.91 Å². The molecule has 1 aliphatic carbocycles. The number of likely N-dealkylation sites (tertiary alicyclic amines) is 1. The summed E-state index contributed by atoms with van der Waals surface area (Å²) in [6.45, 7) is 11.1. The van der Waals surface area contributed by atoms with Crippen molar-refractivity contribution < 1.29 is 9.59 Å². The number of amides is 3. The summed E-state index contributed by atoms with van der Waals surface area (Å²) in [5.74, 6) is 2.76. The van der Waals surface area contributed by atoms with Crippen LogP contribution in [0, 0.1) is 23.7 Å². The summed E-state index contributed by atoms with van der Waals surface area (Å²) in [6.07, 6.45) is 2.89. The van der Waals surface area contributed by atoms with Crippen molar-refractivity contribution in [2.75, 3.05) is 51.1 Å². The number of anilines is 1. The highest BCUT2D eigenvalue weighted by molar-refractivity contribution is 5.88. The quantitative estimate of drug-likeness (QED) is 0.417. The van der Waals surface area contributed by atoms with Crippen LogP contribution in [-0.2, 0) is 11.2 Å². The summed E-state index contributed by atoms with van der Waals surface area (Å²) in [6, 6.07) is 9.57. The molecule has 2 unspecified atom stereocenters. The normalized spacial score (nSPS) is 23.8. The summed E-state index contributed by atoms with van der Waals surface area (Å²) < 4.78 is 1.47. The minimum Gasteiger partial charge on any atom is -0.339 e. The first-order valence-corrected chi connectivity index (χ1v) is 14.9. The molecule has 0 radical (unpaired) electrons. The van der Waals surface area contributed by atoms with Crippen LogP contribution in [0.2, 0.25) is 0 Å². The van der Waals surface area contributed by atoms with Gasteiger partial charge >= 0.3 is 11.7 Å². The van der Waals surface area contributed by atoms with E-state index in [4.69, 9.17) is 11.5 Å². The fourth-order valence-corrected chi connectivity index (χ4v) is 6.24. The lowest BCUT2D eigenvalue weighted by Gasteiger charge is -2.35. The summed E-state index contributed by atoms with van der Waals surface area (Å²) in [4.78, 5) is 48.1. The molecular formula is C30H44N8O3. The predicted octanol–water partition coefficient (Wildman–Crippen LogP) is 1.35. The van der Waals surface area contributed by atoms with E-state index in [1.807, 2.05) is 26.0 Å². The fraction of sp³-hybridized carbons (Fsp3) is 0.600. The number of nitrogens with two attached hydrogens (primary N) is 2. The fourth-order valence-electron chi connectivity index (χ4n) is 6.24. The van der Waals surface area contributed by atoms with Crippen LogP contribution >= 0.6 is 0 Å². The van der Waals surface area contributed by atoms with Gasteiger partial charge in [-0.15, -0.1) is 0 Å². The number of piperazine rings is 1. The number of fused-ring (bicyclic) bond motifs is 1. The van der Waals surface area contributed by atoms with Crippen molar-refractivity contribution in [1.82, 2.24) is 24.3 Å². The minimum atomic E-state index is -0.466. The number of carbonyl (C=O) groups excluding carboxylic acids is 2. The lowest BCUT2D eigenvalue weighted by Crippen LogP contribution is -2.52. The van der Waals surface area contributed by atoms with E-state index in [0.717, 1.165) is 49.5 Å². The molecule has 1 saturated carbocycles. The Morgan fingerprint density at radius 1 is 1.00 bits per heavy atom. The molecule has 3 aliphatic rings. The molecule has 2 saturated heterocycles. The van der Waals surface area contributed by atoms with Crippen molar-refractivity contribution in [3.05, 3.63) is 52.6 Å². The van der Waals surface area contributed by atoms with Gasteiger partial charge in [-0.25, -0.2) is 9.59 Å². The van der Waals surface area contributed by atoms with Gasteiger partial charge in [-0.3, -0.25) is 19.6 Å². The topological polar surface area (TPSA) is 143 Å². The number of nitrogens with one attached hydrogen (secondary N) is 1. The van der Waals surface area contributed by atoms with Gasteiger partial charge in [0.05, 0.1) is 5.69 Å². The number of hydrogen-bond donors (Lipinski definition) is 3. The number of urea groups is 1. The van der Waals surface area contributed by atoms with Crippen LogP contribution < -0.4 is 22.5 Å². The van der Waals surface area contributed by atoms with Crippen LogP contribution in [0.15, 0.2) is 41.3 Å². The Hall–Kier alpha value is -3.28. The average molecular weight is 565 g/mol. The molecule has 3 heterocycles. The van der Waals surface area contributed by atoms with Crippen molar-refractivity contribution in [3.63, 3.8) is 0 Å². The molecule has 222 valence electrons. The molecule has 3 fully saturated rings. The van der Waals surface area contributed by atoms with Gasteiger partial charge in [-0.1, -0.05) is 26.0 Å². The summed E-state index contributed by atoms with van der Waals surface area (Å²) in [5.41, 5.74) is 13.4. The summed E-state index contributed by atoms with van der Waals surface area (Å²) in [5, 5.41) is 2.72. The maximum Gasteiger partial charge on any atom is 0.354 e. The van der Waals surface area contributed by atoms with Crippen LogP contribution in [0.3, 0.4) is 0 Å². The smallest absolute Gasteiger partial charge is 0.339 e. The molecule has 11 nitrogen and oxygen atoms in total. The first-order valence-electron chi connectivity index (χ1n) is 14.9. The van der Waals surface area contributed by atoms with E-state index in [-0.39, 0.29) is 29.7 Å². The van der Waals surface area contributed by atoms with Crippen molar-refractivity contribution in [3.8, 4) is 5.69 Å². The standard InChI is InChI=1S/C30H44N8O3/c1-19(2)26(32)15-28(39)35-10-12-36(13-11-35)29(40)33-27-8-9-38(30(41)34-27)22-6-4-21(5-7-22)14-20(3)37-17-24-23(16-31)25(24)18-37/h4-9,19-20,23-26H,10-18,31-32H2,1-3H3,(H,33,34,40,41)/t20?,23-,24-,25+,26?. The van der Waals surface area contributed by atoms with Crippen LogP contribution in [0.25, 0.3) is 5.69 Å². The number of carbonyl (C=O) groups is 2. The van der Waals surface area contributed by atoms with E-state index in [9.17, 15) is 14.4 Å². The first kappa shape index (κ1) is 29.2. The molecule has 1 aromatic carbocycles. The van der Waals surface area contributed by atoms with Gasteiger partial charge in [0.15, 0.2) is 0 Å². The lowest BCUT2D eigenvalue weighted by molar-refractivity contribution is -0.133. The second-order valence-electron chi connectivity index (χ2n) is 12.3. The molecule has 5 atom stereocenters. The molecule has 5 rings (SSSR count). The van der Waals surface area contributed by atoms with Crippen molar-refractivity contribution >= 4 is 17.8 Å². The van der Waals surface area contributed by atoms with E-state index in [1.54, 1.807) is 22.1 Å². The highest BCUT2D eigenvalue weighted by Crippen LogP contribution is 2.51. The largest absolute Gasteiger partial charge is 0.354 e. The van der Waals surface area contributed by atoms with E-state index in [1.165, 1.54) is 10.1 Å². The Kier molecular flexibility index (Phi) is 8.77. The van der Waals surface area contributed by atoms with E-state index >= 15 is 0 Å². The highest BCUT2D eigenvalue weighted by Gasteiger charge is 2.55. The second kappa shape index (κ2) is 12.3. The molecule has 3 amide bonds. The third kappa shape index (κ3) is 6.63. The number of nitrogens with zero attached hydrogens (tertiary/aromatic N) is 5. The van der Waals surface area contributed by atoms with Crippen LogP contribution in [0.1, 0.15) is 32.8 Å². The zero-order valence-corrected chi connectivity index (χ0v) is 24.4. The number of aromatic nitrogens is 2. The predicted molar refractivity (Wildman–Crippen MR) is 159 cm³/mol. The van der Waals surface area contributed by atoms with Crippen molar-refractivity contribution in [1.29, 1.82) is 0 Å². The Morgan fingerprint density at radius 3 is 2.22 bits per heavy atom. The maximum absolute atomic E-state index is 12.8.